The van der Waals surface area contributed by atoms with Gasteiger partial charge in [0.1, 0.15) is 32.8 Å². The first kappa shape index (κ1) is 26.6. The number of nitrogens with zero attached hydrogens (tertiary/aromatic N) is 3. The molecule has 0 saturated carbocycles. The van der Waals surface area contributed by atoms with E-state index >= 15 is 0 Å². The summed E-state index contributed by atoms with van der Waals surface area (Å²) in [5, 5.41) is 6.03. The van der Waals surface area contributed by atoms with E-state index in [0.29, 0.717) is 27.0 Å². The molecule has 4 aromatic heterocycles. The zero-order valence-corrected chi connectivity index (χ0v) is 20.6. The first-order valence-corrected chi connectivity index (χ1v) is 12.1. The van der Waals surface area contributed by atoms with E-state index in [1.54, 1.807) is 19.1 Å². The van der Waals surface area contributed by atoms with Crippen molar-refractivity contribution in [3.8, 4) is 10.4 Å². The van der Waals surface area contributed by atoms with Crippen molar-refractivity contribution in [1.82, 2.24) is 14.8 Å². The highest BCUT2D eigenvalue weighted by molar-refractivity contribution is 7.21. The van der Waals surface area contributed by atoms with E-state index in [9.17, 15) is 35.9 Å². The van der Waals surface area contributed by atoms with Crippen molar-refractivity contribution in [2.75, 3.05) is 5.32 Å². The molecule has 0 aliphatic carbocycles. The van der Waals surface area contributed by atoms with Gasteiger partial charge in [-0.3, -0.25) is 14.3 Å². The summed E-state index contributed by atoms with van der Waals surface area (Å²) in [4.78, 5) is 30.4. The van der Waals surface area contributed by atoms with Gasteiger partial charge in [0.15, 0.2) is 0 Å². The summed E-state index contributed by atoms with van der Waals surface area (Å²) in [7, 11) is 0. The van der Waals surface area contributed by atoms with Gasteiger partial charge >= 0.3 is 0 Å². The minimum Gasteiger partial charge on any atom is -0.365 e. The van der Waals surface area contributed by atoms with Crippen LogP contribution in [0.25, 0.3) is 20.7 Å². The van der Waals surface area contributed by atoms with Crippen LogP contribution in [0.4, 0.5) is 32.0 Å². The van der Waals surface area contributed by atoms with Crippen LogP contribution in [0, 0.1) is 6.92 Å². The van der Waals surface area contributed by atoms with Crippen LogP contribution in [-0.4, -0.2) is 26.6 Å². The van der Waals surface area contributed by atoms with Gasteiger partial charge in [0.2, 0.25) is 5.91 Å². The number of amides is 2. The molecule has 0 radical (unpaired) electrons. The quantitative estimate of drug-likeness (QED) is 0.235. The number of hydrogen-bond acceptors (Lipinski definition) is 6. The summed E-state index contributed by atoms with van der Waals surface area (Å²) >= 11 is 1.94. The van der Waals surface area contributed by atoms with E-state index in [-0.39, 0.29) is 26.3 Å². The molecule has 0 spiro atoms. The third kappa shape index (κ3) is 5.05. The molecule has 4 aromatic rings. The van der Waals surface area contributed by atoms with Crippen molar-refractivity contribution in [2.45, 2.75) is 39.2 Å². The predicted octanol–water partition coefficient (Wildman–Crippen LogP) is 6.64. The molecule has 1 unspecified atom stereocenters. The van der Waals surface area contributed by atoms with Crippen molar-refractivity contribution in [3.05, 3.63) is 51.1 Å². The summed E-state index contributed by atoms with van der Waals surface area (Å²) in [6.07, 6.45) is -9.29. The van der Waals surface area contributed by atoms with Gasteiger partial charge in [0.05, 0.1) is 5.69 Å². The van der Waals surface area contributed by atoms with Crippen LogP contribution < -0.4 is 11.1 Å². The number of carbonyl (C=O) groups is 2. The number of anilines is 1. The monoisotopic (exact) mass is 561 g/mol. The molecule has 4 heterocycles. The third-order valence-corrected chi connectivity index (χ3v) is 7.49. The van der Waals surface area contributed by atoms with Gasteiger partial charge in [-0.25, -0.2) is 31.3 Å². The Labute approximate surface area is 212 Å². The Morgan fingerprint density at radius 3 is 2.22 bits per heavy atom. The highest BCUT2D eigenvalue weighted by Gasteiger charge is 2.30. The van der Waals surface area contributed by atoms with E-state index < -0.39 is 54.2 Å². The van der Waals surface area contributed by atoms with Gasteiger partial charge in [0, 0.05) is 20.7 Å². The van der Waals surface area contributed by atoms with Crippen LogP contribution in [0.2, 0.25) is 0 Å². The van der Waals surface area contributed by atoms with E-state index in [2.05, 4.69) is 15.4 Å². The Bertz CT molecular complexity index is 1500. The molecule has 15 heteroatoms. The van der Waals surface area contributed by atoms with E-state index in [1.165, 1.54) is 11.3 Å². The summed E-state index contributed by atoms with van der Waals surface area (Å²) in [5.41, 5.74) is 3.17. The number of fused-ring (bicyclic) bond motifs is 1. The minimum atomic E-state index is -3.20. The van der Waals surface area contributed by atoms with Crippen LogP contribution in [0.5, 0.6) is 0 Å². The number of aryl methyl sites for hydroxylation is 1. The second-order valence-corrected chi connectivity index (χ2v) is 10.1. The molecule has 3 N–H and O–H groups in total. The van der Waals surface area contributed by atoms with E-state index in [1.807, 2.05) is 0 Å². The maximum atomic E-state index is 13.6. The van der Waals surface area contributed by atoms with Crippen LogP contribution in [0.3, 0.4) is 0 Å². The summed E-state index contributed by atoms with van der Waals surface area (Å²) in [6, 6.07) is 3.53. The summed E-state index contributed by atoms with van der Waals surface area (Å²) in [5.74, 6) is -1.98. The molecule has 2 amide bonds. The number of hydrogen-bond donors (Lipinski definition) is 2. The lowest BCUT2D eigenvalue weighted by atomic mass is 10.1. The number of pyridine rings is 1. The molecule has 37 heavy (non-hydrogen) atoms. The maximum Gasteiger partial charge on any atom is 0.282 e. The summed E-state index contributed by atoms with van der Waals surface area (Å²) in [6.45, 7) is 2.95. The van der Waals surface area contributed by atoms with Gasteiger partial charge in [-0.15, -0.1) is 22.7 Å². The molecule has 0 bridgehead atoms. The number of alkyl halides is 6. The van der Waals surface area contributed by atoms with Crippen LogP contribution in [0.1, 0.15) is 63.9 Å². The Hall–Kier alpha value is -3.46. The van der Waals surface area contributed by atoms with Crippen molar-refractivity contribution in [2.24, 2.45) is 5.73 Å². The molecule has 1 atom stereocenters. The lowest BCUT2D eigenvalue weighted by Gasteiger charge is -2.16. The number of nitrogens with two attached hydrogens (primary N) is 1. The van der Waals surface area contributed by atoms with Crippen molar-refractivity contribution in [3.63, 3.8) is 0 Å². The molecule has 0 fully saturated rings. The topological polar surface area (TPSA) is 103 Å². The zero-order valence-electron chi connectivity index (χ0n) is 18.9. The van der Waals surface area contributed by atoms with Gasteiger partial charge in [0.25, 0.3) is 25.2 Å². The fourth-order valence-electron chi connectivity index (χ4n) is 3.64. The Morgan fingerprint density at radius 1 is 1.00 bits per heavy atom. The van der Waals surface area contributed by atoms with Crippen LogP contribution >= 0.6 is 22.7 Å². The van der Waals surface area contributed by atoms with Crippen LogP contribution in [0.15, 0.2) is 24.3 Å². The van der Waals surface area contributed by atoms with Gasteiger partial charge in [-0.2, -0.15) is 5.10 Å². The third-order valence-electron chi connectivity index (χ3n) is 5.36. The largest absolute Gasteiger partial charge is 0.365 e. The SMILES string of the molecule is Cc1ccc(-c2cc(C(F)F)nc3sc(C(N)=O)c(NC(=O)C(C)n4nc(C(F)F)cc4C(F)F)c23)s1. The first-order valence-electron chi connectivity index (χ1n) is 10.5. The number of rotatable bonds is 8. The predicted molar refractivity (Wildman–Crippen MR) is 127 cm³/mol. The normalized spacial score (nSPS) is 12.7. The standard InChI is InChI=1S/C22H17F6N5O2S2/c1-7-3-4-13(36-7)9-5-10(17(23)24)30-22-14(9)15(16(37-22)20(29)34)31-21(35)8(2)33-12(19(27)28)6-11(32-33)18(25)26/h3-6,8,17-19H,1-2H3,(H2,29,34)(H,31,35). The van der Waals surface area contributed by atoms with E-state index in [0.717, 1.165) is 17.9 Å². The molecule has 196 valence electrons. The lowest BCUT2D eigenvalue weighted by Crippen LogP contribution is -2.27. The molecular weight excluding hydrogens is 544 g/mol. The molecule has 4 rings (SSSR count). The van der Waals surface area contributed by atoms with Gasteiger partial charge in [-0.1, -0.05) is 0 Å². The number of thiophene rings is 2. The fourth-order valence-corrected chi connectivity index (χ4v) is 5.55. The first-order chi connectivity index (χ1) is 17.4. The second-order valence-electron chi connectivity index (χ2n) is 7.86. The molecule has 7 nitrogen and oxygen atoms in total. The Morgan fingerprint density at radius 2 is 1.68 bits per heavy atom. The molecule has 0 aliphatic rings. The smallest absolute Gasteiger partial charge is 0.282 e. The van der Waals surface area contributed by atoms with Crippen LogP contribution in [-0.2, 0) is 4.79 Å². The fraction of sp³-hybridized carbons (Fsp3) is 0.273. The average Bonchev–Trinajstić information content (AvgIpc) is 3.55. The molecular formula is C22H17F6N5O2S2. The van der Waals surface area contributed by atoms with Gasteiger partial charge in [-0.05, 0) is 38.1 Å². The van der Waals surface area contributed by atoms with Crippen molar-refractivity contribution in [1.29, 1.82) is 0 Å². The Balaban J connectivity index is 1.86. The Kier molecular flexibility index (Phi) is 7.28. The number of primary amides is 1. The average molecular weight is 562 g/mol. The van der Waals surface area contributed by atoms with Crippen molar-refractivity contribution < 1.29 is 35.9 Å². The number of carbonyl (C=O) groups excluding carboxylic acids is 2. The minimum absolute atomic E-state index is 0.0112. The lowest BCUT2D eigenvalue weighted by molar-refractivity contribution is -0.119. The summed E-state index contributed by atoms with van der Waals surface area (Å²) < 4.78 is 80.7. The highest BCUT2D eigenvalue weighted by atomic mass is 32.1. The zero-order chi connectivity index (χ0) is 27.2. The van der Waals surface area contributed by atoms with Gasteiger partial charge < -0.3 is 11.1 Å². The molecule has 0 saturated heterocycles. The molecule has 0 aliphatic heterocycles. The maximum absolute atomic E-state index is 13.6. The van der Waals surface area contributed by atoms with Crippen molar-refractivity contribution >= 4 is 50.4 Å². The highest BCUT2D eigenvalue weighted by Crippen LogP contribution is 2.44. The number of nitrogens with one attached hydrogen (secondary N) is 1. The second kappa shape index (κ2) is 10.1. The van der Waals surface area contributed by atoms with E-state index in [4.69, 9.17) is 5.73 Å². The number of halogens is 6. The number of aromatic nitrogens is 3. The molecule has 0 aromatic carbocycles.